The first-order valence-corrected chi connectivity index (χ1v) is 7.65. The van der Waals surface area contributed by atoms with Crippen molar-refractivity contribution in [3.8, 4) is 0 Å². The minimum Gasteiger partial charge on any atom is -0.298 e. The van der Waals surface area contributed by atoms with Gasteiger partial charge in [-0.25, -0.2) is 4.98 Å². The summed E-state index contributed by atoms with van der Waals surface area (Å²) in [5.41, 5.74) is 1.01. The predicted octanol–water partition coefficient (Wildman–Crippen LogP) is 3.81. The van der Waals surface area contributed by atoms with Crippen LogP contribution in [0.3, 0.4) is 0 Å². The van der Waals surface area contributed by atoms with E-state index in [2.05, 4.69) is 10.3 Å². The lowest BCUT2D eigenvalue weighted by atomic mass is 10.2. The summed E-state index contributed by atoms with van der Waals surface area (Å²) >= 11 is 2.78. The molecule has 0 aliphatic rings. The fourth-order valence-corrected chi connectivity index (χ4v) is 3.50. The summed E-state index contributed by atoms with van der Waals surface area (Å²) < 4.78 is 1.07. The summed E-state index contributed by atoms with van der Waals surface area (Å²) in [5, 5.41) is 7.58. The molecular formula is C14H10N2O2S2. The molecule has 0 atom stereocenters. The molecule has 2 heterocycles. The lowest BCUT2D eigenvalue weighted by Crippen LogP contribution is -2.11. The van der Waals surface area contributed by atoms with Crippen molar-refractivity contribution >= 4 is 49.6 Å². The summed E-state index contributed by atoms with van der Waals surface area (Å²) in [7, 11) is 0. The Bertz CT molecular complexity index is 804. The lowest BCUT2D eigenvalue weighted by Gasteiger charge is -2.00. The van der Waals surface area contributed by atoms with E-state index in [4.69, 9.17) is 0 Å². The number of benzene rings is 1. The summed E-state index contributed by atoms with van der Waals surface area (Å²) in [5.74, 6) is -0.311. The third-order valence-electron chi connectivity index (χ3n) is 2.81. The van der Waals surface area contributed by atoms with Crippen LogP contribution in [0, 0.1) is 0 Å². The average Bonchev–Trinajstić information content (AvgIpc) is 3.04. The standard InChI is InChI=1S/C14H10N2O2S2/c1-8(17)11-7-20-14(15-11)16-13(18)10-6-19-12-5-3-2-4-9(10)12/h2-7H,1H3,(H,15,16,18). The van der Waals surface area contributed by atoms with Crippen molar-refractivity contribution in [3.05, 3.63) is 46.3 Å². The average molecular weight is 302 g/mol. The molecule has 1 N–H and O–H groups in total. The zero-order valence-electron chi connectivity index (χ0n) is 10.5. The number of thiophene rings is 1. The number of Topliss-reactive ketones (excluding diaryl/α,β-unsaturated/α-hetero) is 1. The SMILES string of the molecule is CC(=O)c1csc(NC(=O)c2csc3ccccc23)n1. The van der Waals surface area contributed by atoms with Gasteiger partial charge in [0.1, 0.15) is 5.69 Å². The van der Waals surface area contributed by atoms with E-state index in [1.807, 2.05) is 29.6 Å². The summed E-state index contributed by atoms with van der Waals surface area (Å²) in [4.78, 5) is 27.5. The van der Waals surface area contributed by atoms with Crippen LogP contribution in [-0.4, -0.2) is 16.7 Å². The van der Waals surface area contributed by atoms with Gasteiger partial charge in [0.05, 0.1) is 5.56 Å². The smallest absolute Gasteiger partial charge is 0.258 e. The van der Waals surface area contributed by atoms with Gasteiger partial charge in [0.25, 0.3) is 5.91 Å². The van der Waals surface area contributed by atoms with Crippen LogP contribution in [0.5, 0.6) is 0 Å². The Kier molecular flexibility index (Phi) is 3.33. The molecule has 0 saturated heterocycles. The third-order valence-corrected chi connectivity index (χ3v) is 4.53. The molecular weight excluding hydrogens is 292 g/mol. The van der Waals surface area contributed by atoms with Crippen molar-refractivity contribution in [3.63, 3.8) is 0 Å². The number of carbonyl (C=O) groups is 2. The molecule has 0 saturated carbocycles. The van der Waals surface area contributed by atoms with Gasteiger partial charge in [0, 0.05) is 27.8 Å². The first-order chi connectivity index (χ1) is 9.65. The molecule has 0 aliphatic heterocycles. The van der Waals surface area contributed by atoms with Crippen LogP contribution in [-0.2, 0) is 0 Å². The van der Waals surface area contributed by atoms with E-state index in [0.29, 0.717) is 16.4 Å². The maximum atomic E-state index is 12.2. The third kappa shape index (κ3) is 2.35. The highest BCUT2D eigenvalue weighted by molar-refractivity contribution is 7.17. The molecule has 3 rings (SSSR count). The van der Waals surface area contributed by atoms with Crippen LogP contribution in [0.4, 0.5) is 5.13 Å². The van der Waals surface area contributed by atoms with Crippen molar-refractivity contribution in [2.75, 3.05) is 5.32 Å². The van der Waals surface area contributed by atoms with Gasteiger partial charge in [-0.15, -0.1) is 22.7 Å². The van der Waals surface area contributed by atoms with Gasteiger partial charge in [-0.1, -0.05) is 18.2 Å². The monoisotopic (exact) mass is 302 g/mol. The van der Waals surface area contributed by atoms with Crippen molar-refractivity contribution in [2.24, 2.45) is 0 Å². The second kappa shape index (κ2) is 5.15. The number of nitrogens with zero attached hydrogens (tertiary/aromatic N) is 1. The van der Waals surface area contributed by atoms with Crippen LogP contribution >= 0.6 is 22.7 Å². The van der Waals surface area contributed by atoms with Gasteiger partial charge in [-0.2, -0.15) is 0 Å². The Morgan fingerprint density at radius 1 is 1.15 bits per heavy atom. The number of amides is 1. The second-order valence-electron chi connectivity index (χ2n) is 4.19. The molecule has 1 aromatic carbocycles. The highest BCUT2D eigenvalue weighted by atomic mass is 32.1. The van der Waals surface area contributed by atoms with Crippen molar-refractivity contribution in [2.45, 2.75) is 6.92 Å². The van der Waals surface area contributed by atoms with E-state index in [0.717, 1.165) is 10.1 Å². The molecule has 0 unspecified atom stereocenters. The highest BCUT2D eigenvalue weighted by Gasteiger charge is 2.14. The van der Waals surface area contributed by atoms with Gasteiger partial charge in [-0.05, 0) is 6.07 Å². The molecule has 100 valence electrons. The van der Waals surface area contributed by atoms with Gasteiger partial charge in [-0.3, -0.25) is 14.9 Å². The number of anilines is 1. The Morgan fingerprint density at radius 3 is 2.70 bits per heavy atom. The van der Waals surface area contributed by atoms with Gasteiger partial charge in [0.15, 0.2) is 10.9 Å². The normalized spacial score (nSPS) is 10.7. The van der Waals surface area contributed by atoms with Gasteiger partial charge >= 0.3 is 0 Å². The first-order valence-electron chi connectivity index (χ1n) is 5.89. The molecule has 3 aromatic rings. The van der Waals surface area contributed by atoms with Crippen LogP contribution in [0.25, 0.3) is 10.1 Å². The minimum atomic E-state index is -0.202. The van der Waals surface area contributed by atoms with Gasteiger partial charge in [0.2, 0.25) is 0 Å². The van der Waals surface area contributed by atoms with Crippen molar-refractivity contribution in [1.82, 2.24) is 4.98 Å². The summed E-state index contributed by atoms with van der Waals surface area (Å²) in [6, 6.07) is 7.75. The van der Waals surface area contributed by atoms with Crippen LogP contribution in [0.2, 0.25) is 0 Å². The number of rotatable bonds is 3. The number of nitrogens with one attached hydrogen (secondary N) is 1. The Balaban J connectivity index is 1.87. The fraction of sp³-hybridized carbons (Fsp3) is 0.0714. The summed E-state index contributed by atoms with van der Waals surface area (Å²) in [6.45, 7) is 1.45. The van der Waals surface area contributed by atoms with Crippen molar-refractivity contribution < 1.29 is 9.59 Å². The zero-order valence-corrected chi connectivity index (χ0v) is 12.2. The molecule has 6 heteroatoms. The number of hydrogen-bond acceptors (Lipinski definition) is 5. The topological polar surface area (TPSA) is 59.1 Å². The number of carbonyl (C=O) groups excluding carboxylic acids is 2. The number of fused-ring (bicyclic) bond motifs is 1. The van der Waals surface area contributed by atoms with E-state index >= 15 is 0 Å². The Labute approximate surface area is 123 Å². The fourth-order valence-electron chi connectivity index (χ4n) is 1.81. The molecule has 0 spiro atoms. The van der Waals surface area contributed by atoms with E-state index in [-0.39, 0.29) is 11.7 Å². The van der Waals surface area contributed by atoms with Crippen LogP contribution < -0.4 is 5.32 Å². The highest BCUT2D eigenvalue weighted by Crippen LogP contribution is 2.26. The Morgan fingerprint density at radius 2 is 1.95 bits per heavy atom. The van der Waals surface area contributed by atoms with Gasteiger partial charge < -0.3 is 0 Å². The maximum Gasteiger partial charge on any atom is 0.258 e. The minimum absolute atomic E-state index is 0.109. The predicted molar refractivity (Wildman–Crippen MR) is 81.9 cm³/mol. The number of hydrogen-bond donors (Lipinski definition) is 1. The molecule has 4 nitrogen and oxygen atoms in total. The van der Waals surface area contributed by atoms with E-state index < -0.39 is 0 Å². The molecule has 0 fully saturated rings. The van der Waals surface area contributed by atoms with Crippen LogP contribution in [0.1, 0.15) is 27.8 Å². The molecule has 20 heavy (non-hydrogen) atoms. The quantitative estimate of drug-likeness (QED) is 0.748. The van der Waals surface area contributed by atoms with E-state index in [9.17, 15) is 9.59 Å². The largest absolute Gasteiger partial charge is 0.298 e. The molecule has 0 bridgehead atoms. The van der Waals surface area contributed by atoms with Crippen molar-refractivity contribution in [1.29, 1.82) is 0 Å². The molecule has 1 amide bonds. The number of ketones is 1. The lowest BCUT2D eigenvalue weighted by molar-refractivity contribution is 0.100. The Hall–Kier alpha value is -2.05. The molecule has 0 aliphatic carbocycles. The van der Waals surface area contributed by atoms with Crippen LogP contribution in [0.15, 0.2) is 35.0 Å². The maximum absolute atomic E-state index is 12.2. The zero-order chi connectivity index (χ0) is 14.1. The van der Waals surface area contributed by atoms with E-state index in [1.54, 1.807) is 5.38 Å². The second-order valence-corrected chi connectivity index (χ2v) is 5.96. The van der Waals surface area contributed by atoms with E-state index in [1.165, 1.54) is 29.6 Å². The molecule has 0 radical (unpaired) electrons. The number of thiazole rings is 1. The number of aromatic nitrogens is 1. The first kappa shape index (κ1) is 13.0. The summed E-state index contributed by atoms with van der Waals surface area (Å²) in [6.07, 6.45) is 0. The molecule has 2 aromatic heterocycles.